The topological polar surface area (TPSA) is 12.0 Å². The van der Waals surface area contributed by atoms with Crippen molar-refractivity contribution in [3.63, 3.8) is 0 Å². The van der Waals surface area contributed by atoms with Gasteiger partial charge in [-0.05, 0) is 46.4 Å². The van der Waals surface area contributed by atoms with Crippen LogP contribution in [0.25, 0.3) is 0 Å². The zero-order valence-corrected chi connectivity index (χ0v) is 13.1. The van der Waals surface area contributed by atoms with Crippen molar-refractivity contribution in [1.82, 2.24) is 5.32 Å². The fourth-order valence-corrected chi connectivity index (χ4v) is 2.85. The molecule has 3 heteroatoms. The van der Waals surface area contributed by atoms with Crippen LogP contribution < -0.4 is 5.32 Å². The summed E-state index contributed by atoms with van der Waals surface area (Å²) in [5.74, 6) is 0.504. The maximum atomic E-state index is 13.6. The highest BCUT2D eigenvalue weighted by Crippen LogP contribution is 2.31. The Labute approximate surface area is 118 Å². The molecule has 102 valence electrons. The van der Waals surface area contributed by atoms with Gasteiger partial charge < -0.3 is 5.32 Å². The molecule has 0 aliphatic heterocycles. The molecule has 1 unspecified atom stereocenters. The Morgan fingerprint density at radius 2 is 1.89 bits per heavy atom. The predicted molar refractivity (Wildman–Crippen MR) is 79.2 cm³/mol. The van der Waals surface area contributed by atoms with E-state index < -0.39 is 0 Å². The third-order valence-electron chi connectivity index (χ3n) is 3.53. The van der Waals surface area contributed by atoms with E-state index in [0.717, 1.165) is 18.5 Å². The zero-order valence-electron chi connectivity index (χ0n) is 11.5. The largest absolute Gasteiger partial charge is 0.310 e. The van der Waals surface area contributed by atoms with Crippen LogP contribution in [-0.4, -0.2) is 6.54 Å². The molecule has 0 saturated carbocycles. The molecule has 0 spiro atoms. The van der Waals surface area contributed by atoms with Crippen molar-refractivity contribution < 1.29 is 4.39 Å². The van der Waals surface area contributed by atoms with Crippen molar-refractivity contribution in [3.05, 3.63) is 34.1 Å². The summed E-state index contributed by atoms with van der Waals surface area (Å²) < 4.78 is 14.2. The number of hydrogen-bond acceptors (Lipinski definition) is 1. The van der Waals surface area contributed by atoms with Crippen molar-refractivity contribution in [2.75, 3.05) is 6.54 Å². The predicted octanol–water partition coefficient (Wildman–Crippen LogP) is 5.07. The van der Waals surface area contributed by atoms with Crippen LogP contribution in [0.5, 0.6) is 0 Å². The number of benzene rings is 1. The summed E-state index contributed by atoms with van der Waals surface area (Å²) in [6, 6.07) is 5.51. The number of rotatable bonds is 7. The lowest BCUT2D eigenvalue weighted by molar-refractivity contribution is 0.374. The number of hydrogen-bond donors (Lipinski definition) is 1. The van der Waals surface area contributed by atoms with Crippen LogP contribution in [0.2, 0.25) is 0 Å². The highest BCUT2D eigenvalue weighted by Gasteiger charge is 2.18. The summed E-state index contributed by atoms with van der Waals surface area (Å²) in [7, 11) is 0. The number of halogens is 2. The molecule has 0 bridgehead atoms. The van der Waals surface area contributed by atoms with Gasteiger partial charge in [-0.15, -0.1) is 0 Å². The summed E-state index contributed by atoms with van der Waals surface area (Å²) in [4.78, 5) is 0. The first-order chi connectivity index (χ1) is 8.63. The first-order valence-electron chi connectivity index (χ1n) is 6.81. The molecule has 0 radical (unpaired) electrons. The second-order valence-corrected chi connectivity index (χ2v) is 5.46. The molecular formula is C15H23BrFN. The minimum Gasteiger partial charge on any atom is -0.310 e. The van der Waals surface area contributed by atoms with Crippen LogP contribution >= 0.6 is 15.9 Å². The van der Waals surface area contributed by atoms with Gasteiger partial charge in [-0.2, -0.15) is 0 Å². The smallest absolute Gasteiger partial charge is 0.137 e. The molecule has 0 amide bonds. The fourth-order valence-electron chi connectivity index (χ4n) is 2.31. The van der Waals surface area contributed by atoms with E-state index in [4.69, 9.17) is 0 Å². The molecule has 0 heterocycles. The minimum absolute atomic E-state index is 0.181. The summed E-state index contributed by atoms with van der Waals surface area (Å²) in [5, 5.41) is 3.47. The lowest BCUT2D eigenvalue weighted by Crippen LogP contribution is -2.24. The molecule has 0 fully saturated rings. The van der Waals surface area contributed by atoms with Gasteiger partial charge in [-0.25, -0.2) is 4.39 Å². The van der Waals surface area contributed by atoms with Crippen molar-refractivity contribution in [2.24, 2.45) is 5.92 Å². The van der Waals surface area contributed by atoms with Gasteiger partial charge in [-0.3, -0.25) is 0 Å². The number of nitrogens with one attached hydrogen (secondary N) is 1. The standard InChI is InChI=1S/C15H23BrFN/c1-4-11(5-2)10-14(18-6-3)12-8-7-9-13(17)15(12)16/h7-9,11,14,18H,4-6,10H2,1-3H3. The van der Waals surface area contributed by atoms with E-state index in [1.54, 1.807) is 6.07 Å². The van der Waals surface area contributed by atoms with Gasteiger partial charge in [-0.1, -0.05) is 45.7 Å². The fraction of sp³-hybridized carbons (Fsp3) is 0.600. The van der Waals surface area contributed by atoms with Gasteiger partial charge >= 0.3 is 0 Å². The summed E-state index contributed by atoms with van der Waals surface area (Å²) in [5.41, 5.74) is 1.03. The van der Waals surface area contributed by atoms with E-state index in [2.05, 4.69) is 42.0 Å². The SMILES string of the molecule is CCNC(CC(CC)CC)c1cccc(F)c1Br. The zero-order chi connectivity index (χ0) is 13.5. The van der Waals surface area contributed by atoms with Crippen molar-refractivity contribution in [3.8, 4) is 0 Å². The van der Waals surface area contributed by atoms with E-state index in [0.29, 0.717) is 10.4 Å². The van der Waals surface area contributed by atoms with Crippen LogP contribution in [0.15, 0.2) is 22.7 Å². The van der Waals surface area contributed by atoms with Gasteiger partial charge in [0, 0.05) is 6.04 Å². The second-order valence-electron chi connectivity index (χ2n) is 4.67. The summed E-state index contributed by atoms with van der Waals surface area (Å²) in [6.07, 6.45) is 3.40. The van der Waals surface area contributed by atoms with E-state index in [-0.39, 0.29) is 11.9 Å². The van der Waals surface area contributed by atoms with Crippen LogP contribution in [-0.2, 0) is 0 Å². The minimum atomic E-state index is -0.181. The van der Waals surface area contributed by atoms with Crippen molar-refractivity contribution in [1.29, 1.82) is 0 Å². The quantitative estimate of drug-likeness (QED) is 0.741. The first kappa shape index (κ1) is 15.6. The molecule has 0 aromatic heterocycles. The molecule has 1 aromatic carbocycles. The van der Waals surface area contributed by atoms with Gasteiger partial charge in [0.1, 0.15) is 5.82 Å². The molecule has 1 nitrogen and oxygen atoms in total. The molecule has 1 rings (SSSR count). The van der Waals surface area contributed by atoms with Gasteiger partial charge in [0.15, 0.2) is 0 Å². The van der Waals surface area contributed by atoms with E-state index >= 15 is 0 Å². The Balaban J connectivity index is 2.93. The van der Waals surface area contributed by atoms with Crippen molar-refractivity contribution >= 4 is 15.9 Å². The van der Waals surface area contributed by atoms with Gasteiger partial charge in [0.25, 0.3) is 0 Å². The Morgan fingerprint density at radius 1 is 1.22 bits per heavy atom. The van der Waals surface area contributed by atoms with Crippen LogP contribution in [0.3, 0.4) is 0 Å². The average Bonchev–Trinajstić information content (AvgIpc) is 2.38. The van der Waals surface area contributed by atoms with Gasteiger partial charge in [0.2, 0.25) is 0 Å². The molecule has 1 aromatic rings. The lowest BCUT2D eigenvalue weighted by atomic mass is 9.91. The van der Waals surface area contributed by atoms with Gasteiger partial charge in [0.05, 0.1) is 4.47 Å². The molecule has 0 aliphatic rings. The molecule has 0 aliphatic carbocycles. The van der Waals surface area contributed by atoms with E-state index in [1.165, 1.54) is 18.9 Å². The molecule has 1 N–H and O–H groups in total. The third kappa shape index (κ3) is 4.06. The first-order valence-corrected chi connectivity index (χ1v) is 7.60. The monoisotopic (exact) mass is 315 g/mol. The average molecular weight is 316 g/mol. The molecular weight excluding hydrogens is 293 g/mol. The lowest BCUT2D eigenvalue weighted by Gasteiger charge is -2.24. The van der Waals surface area contributed by atoms with E-state index in [1.807, 2.05) is 6.07 Å². The third-order valence-corrected chi connectivity index (χ3v) is 4.37. The second kappa shape index (κ2) is 7.90. The highest BCUT2D eigenvalue weighted by molar-refractivity contribution is 9.10. The molecule has 1 atom stereocenters. The van der Waals surface area contributed by atoms with Crippen molar-refractivity contribution in [2.45, 2.75) is 46.1 Å². The van der Waals surface area contributed by atoms with Crippen LogP contribution in [0.4, 0.5) is 4.39 Å². The Bertz CT molecular complexity index is 364. The van der Waals surface area contributed by atoms with Crippen LogP contribution in [0, 0.1) is 11.7 Å². The maximum absolute atomic E-state index is 13.6. The Morgan fingerprint density at radius 3 is 2.44 bits per heavy atom. The summed E-state index contributed by atoms with van der Waals surface area (Å²) >= 11 is 3.37. The molecule has 18 heavy (non-hydrogen) atoms. The Kier molecular flexibility index (Phi) is 6.87. The Hall–Kier alpha value is -0.410. The molecule has 0 saturated heterocycles. The highest BCUT2D eigenvalue weighted by atomic mass is 79.9. The normalized spacial score (nSPS) is 13.0. The van der Waals surface area contributed by atoms with Crippen LogP contribution in [0.1, 0.15) is 51.6 Å². The summed E-state index contributed by atoms with van der Waals surface area (Å²) in [6.45, 7) is 7.43. The maximum Gasteiger partial charge on any atom is 0.137 e. The van der Waals surface area contributed by atoms with E-state index in [9.17, 15) is 4.39 Å².